The predicted octanol–water partition coefficient (Wildman–Crippen LogP) is 4.64. The summed E-state index contributed by atoms with van der Waals surface area (Å²) in [6, 6.07) is 7.50. The van der Waals surface area contributed by atoms with Crippen molar-refractivity contribution in [3.8, 4) is 11.1 Å². The number of carbonyl (C=O) groups is 1. The molecule has 0 spiro atoms. The summed E-state index contributed by atoms with van der Waals surface area (Å²) in [4.78, 5) is 15.8. The van der Waals surface area contributed by atoms with Gasteiger partial charge in [-0.25, -0.2) is 9.18 Å². The number of carboxylic acid groups (broad SMARTS) is 1. The Morgan fingerprint density at radius 3 is 2.50 bits per heavy atom. The summed E-state index contributed by atoms with van der Waals surface area (Å²) in [5, 5.41) is 14.1. The molecule has 2 atom stereocenters. The molecule has 7 heteroatoms. The van der Waals surface area contributed by atoms with Crippen LogP contribution in [0.1, 0.15) is 51.5 Å². The van der Waals surface area contributed by atoms with Crippen molar-refractivity contribution < 1.29 is 14.3 Å². The van der Waals surface area contributed by atoms with Crippen LogP contribution in [-0.4, -0.2) is 62.5 Å². The van der Waals surface area contributed by atoms with Crippen molar-refractivity contribution in [2.75, 3.05) is 19.6 Å². The van der Waals surface area contributed by atoms with Crippen LogP contribution in [0.25, 0.3) is 11.1 Å². The van der Waals surface area contributed by atoms with E-state index in [1.54, 1.807) is 17.0 Å². The van der Waals surface area contributed by atoms with Gasteiger partial charge in [0.2, 0.25) is 0 Å². The molecule has 0 aliphatic carbocycles. The zero-order valence-electron chi connectivity index (χ0n) is 17.6. The van der Waals surface area contributed by atoms with E-state index in [0.717, 1.165) is 62.7 Å². The van der Waals surface area contributed by atoms with Crippen molar-refractivity contribution in [1.82, 2.24) is 19.6 Å². The van der Waals surface area contributed by atoms with Gasteiger partial charge in [0.25, 0.3) is 0 Å². The van der Waals surface area contributed by atoms with Crippen molar-refractivity contribution in [2.24, 2.45) is 0 Å². The molecule has 2 fully saturated rings. The lowest BCUT2D eigenvalue weighted by atomic mass is 9.97. The van der Waals surface area contributed by atoms with Crippen molar-refractivity contribution in [3.05, 3.63) is 42.5 Å². The Morgan fingerprint density at radius 2 is 1.83 bits per heavy atom. The topological polar surface area (TPSA) is 61.6 Å². The van der Waals surface area contributed by atoms with E-state index >= 15 is 0 Å². The number of piperidine rings is 1. The molecule has 1 N–H and O–H groups in total. The van der Waals surface area contributed by atoms with Gasteiger partial charge in [-0.15, -0.1) is 0 Å². The first-order valence-corrected chi connectivity index (χ1v) is 11.1. The Morgan fingerprint density at radius 1 is 1.10 bits per heavy atom. The summed E-state index contributed by atoms with van der Waals surface area (Å²) < 4.78 is 15.2. The molecule has 1 amide bonds. The molecule has 30 heavy (non-hydrogen) atoms. The second-order valence-corrected chi connectivity index (χ2v) is 8.55. The van der Waals surface area contributed by atoms with Crippen LogP contribution >= 0.6 is 0 Å². The van der Waals surface area contributed by atoms with Gasteiger partial charge >= 0.3 is 6.09 Å². The lowest BCUT2D eigenvalue weighted by Gasteiger charge is -2.38. The molecule has 162 valence electrons. The maximum absolute atomic E-state index is 13.2. The van der Waals surface area contributed by atoms with E-state index in [1.165, 1.54) is 12.1 Å². The van der Waals surface area contributed by atoms with Crippen LogP contribution in [-0.2, 0) is 0 Å². The Balaban J connectivity index is 1.36. The first-order valence-electron chi connectivity index (χ1n) is 11.1. The fourth-order valence-electron chi connectivity index (χ4n) is 5.05. The highest BCUT2D eigenvalue weighted by Crippen LogP contribution is 2.30. The number of halogens is 1. The van der Waals surface area contributed by atoms with Crippen LogP contribution in [0.2, 0.25) is 0 Å². The van der Waals surface area contributed by atoms with Crippen LogP contribution < -0.4 is 0 Å². The highest BCUT2D eigenvalue weighted by Gasteiger charge is 2.33. The van der Waals surface area contributed by atoms with Gasteiger partial charge in [0, 0.05) is 43.5 Å². The molecular weight excluding hydrogens is 383 g/mol. The average molecular weight is 415 g/mol. The normalized spacial score (nSPS) is 24.0. The number of hydrogen-bond donors (Lipinski definition) is 1. The largest absolute Gasteiger partial charge is 0.465 e. The van der Waals surface area contributed by atoms with Gasteiger partial charge in [-0.2, -0.15) is 5.10 Å². The van der Waals surface area contributed by atoms with Crippen LogP contribution in [0.15, 0.2) is 36.7 Å². The quantitative estimate of drug-likeness (QED) is 0.792. The number of amides is 1. The second kappa shape index (κ2) is 9.16. The molecule has 2 aliphatic heterocycles. The Kier molecular flexibility index (Phi) is 6.37. The SMILES string of the molecule is CCC1CC(N2CCC(n3cc(-c4ccc(F)cc4)cn3)CC2)CCCN1C(=O)O. The number of benzene rings is 1. The maximum atomic E-state index is 13.2. The Hall–Kier alpha value is -2.41. The van der Waals surface area contributed by atoms with E-state index in [1.807, 2.05) is 6.20 Å². The van der Waals surface area contributed by atoms with Gasteiger partial charge in [0.1, 0.15) is 5.82 Å². The smallest absolute Gasteiger partial charge is 0.407 e. The number of rotatable bonds is 4. The number of likely N-dealkylation sites (tertiary alicyclic amines) is 2. The molecule has 2 aliphatic rings. The van der Waals surface area contributed by atoms with Crippen molar-refractivity contribution >= 4 is 6.09 Å². The lowest BCUT2D eigenvalue weighted by molar-refractivity contribution is 0.0982. The van der Waals surface area contributed by atoms with Gasteiger partial charge in [-0.1, -0.05) is 19.1 Å². The summed E-state index contributed by atoms with van der Waals surface area (Å²) in [6.07, 6.45) is 9.05. The van der Waals surface area contributed by atoms with Crippen molar-refractivity contribution in [2.45, 2.75) is 63.6 Å². The van der Waals surface area contributed by atoms with Gasteiger partial charge in [0.05, 0.1) is 12.2 Å². The van der Waals surface area contributed by atoms with Crippen LogP contribution in [0.5, 0.6) is 0 Å². The first-order chi connectivity index (χ1) is 14.5. The second-order valence-electron chi connectivity index (χ2n) is 8.55. The molecule has 1 aromatic heterocycles. The summed E-state index contributed by atoms with van der Waals surface area (Å²) in [6.45, 7) is 4.78. The summed E-state index contributed by atoms with van der Waals surface area (Å²) in [5.74, 6) is -0.228. The minimum Gasteiger partial charge on any atom is -0.465 e. The van der Waals surface area contributed by atoms with E-state index in [2.05, 4.69) is 27.8 Å². The zero-order chi connectivity index (χ0) is 21.1. The third kappa shape index (κ3) is 4.51. The van der Waals surface area contributed by atoms with Gasteiger partial charge in [-0.05, 0) is 56.2 Å². The fraction of sp³-hybridized carbons (Fsp3) is 0.565. The highest BCUT2D eigenvalue weighted by molar-refractivity contribution is 5.65. The van der Waals surface area contributed by atoms with Crippen LogP contribution in [0.4, 0.5) is 9.18 Å². The fourth-order valence-corrected chi connectivity index (χ4v) is 5.05. The maximum Gasteiger partial charge on any atom is 0.407 e. The minimum atomic E-state index is -0.781. The Labute approximate surface area is 177 Å². The monoisotopic (exact) mass is 414 g/mol. The third-order valence-corrected chi connectivity index (χ3v) is 6.81. The first kappa shape index (κ1) is 20.8. The number of aromatic nitrogens is 2. The van der Waals surface area contributed by atoms with E-state index in [9.17, 15) is 14.3 Å². The standard InChI is InChI=1S/C23H31FN4O2/c1-2-20-14-22(4-3-11-27(20)23(29)30)26-12-9-21(10-13-26)28-16-18(15-25-28)17-5-7-19(24)8-6-17/h5-8,15-16,20-22H,2-4,9-14H2,1H3,(H,29,30). The summed E-state index contributed by atoms with van der Waals surface area (Å²) in [7, 11) is 0. The molecular formula is C23H31FN4O2. The molecule has 2 saturated heterocycles. The molecule has 0 radical (unpaired) electrons. The lowest BCUT2D eigenvalue weighted by Crippen LogP contribution is -2.45. The average Bonchev–Trinajstić information content (AvgIpc) is 3.14. The molecule has 1 aromatic carbocycles. The summed E-state index contributed by atoms with van der Waals surface area (Å²) in [5.41, 5.74) is 1.99. The van der Waals surface area contributed by atoms with Gasteiger partial charge in [0.15, 0.2) is 0 Å². The molecule has 3 heterocycles. The summed E-state index contributed by atoms with van der Waals surface area (Å²) >= 11 is 0. The number of hydrogen-bond acceptors (Lipinski definition) is 3. The molecule has 0 bridgehead atoms. The van der Waals surface area contributed by atoms with E-state index in [0.29, 0.717) is 18.6 Å². The molecule has 6 nitrogen and oxygen atoms in total. The van der Waals surface area contributed by atoms with Crippen LogP contribution in [0.3, 0.4) is 0 Å². The molecule has 2 unspecified atom stereocenters. The third-order valence-electron chi connectivity index (χ3n) is 6.81. The van der Waals surface area contributed by atoms with Gasteiger partial charge in [-0.3, -0.25) is 4.68 Å². The predicted molar refractivity (Wildman–Crippen MR) is 114 cm³/mol. The van der Waals surface area contributed by atoms with E-state index in [4.69, 9.17) is 0 Å². The molecule has 0 saturated carbocycles. The van der Waals surface area contributed by atoms with E-state index < -0.39 is 6.09 Å². The molecule has 4 rings (SSSR count). The minimum absolute atomic E-state index is 0.122. The highest BCUT2D eigenvalue weighted by atomic mass is 19.1. The number of nitrogens with zero attached hydrogens (tertiary/aromatic N) is 4. The zero-order valence-corrected chi connectivity index (χ0v) is 17.6. The Bertz CT molecular complexity index is 845. The van der Waals surface area contributed by atoms with Crippen molar-refractivity contribution in [1.29, 1.82) is 0 Å². The van der Waals surface area contributed by atoms with E-state index in [-0.39, 0.29) is 11.9 Å². The van der Waals surface area contributed by atoms with Crippen LogP contribution in [0, 0.1) is 5.82 Å². The van der Waals surface area contributed by atoms with Gasteiger partial charge < -0.3 is 14.9 Å². The van der Waals surface area contributed by atoms with Crippen molar-refractivity contribution in [3.63, 3.8) is 0 Å². The molecule has 2 aromatic rings.